The van der Waals surface area contributed by atoms with Crippen molar-refractivity contribution in [1.29, 1.82) is 0 Å². The lowest BCUT2D eigenvalue weighted by Gasteiger charge is -2.20. The molecule has 141 heavy (non-hydrogen) atoms. The molecule has 9 N–H and O–H groups in total. The van der Waals surface area contributed by atoms with Crippen molar-refractivity contribution >= 4 is 114 Å². The molecule has 0 unspecified atom stereocenters. The number of hydrogen-bond donors (Lipinski definition) is 9. The van der Waals surface area contributed by atoms with Crippen molar-refractivity contribution in [2.24, 2.45) is 23.7 Å². The Morgan fingerprint density at radius 1 is 0.362 bits per heavy atom. The molecule has 4 aliphatic heterocycles. The summed E-state index contributed by atoms with van der Waals surface area (Å²) in [6.45, 7) is 19.2. The number of carbonyl (C=O) groups is 7. The predicted octanol–water partition coefficient (Wildman–Crippen LogP) is 18.3. The quantitative estimate of drug-likeness (QED) is 0.0212. The Morgan fingerprint density at radius 2 is 0.723 bits per heavy atom. The number of hydrogen-bond acceptors (Lipinski definition) is 17. The predicted molar refractivity (Wildman–Crippen MR) is 561 cm³/mol. The van der Waals surface area contributed by atoms with Gasteiger partial charge in [-0.3, -0.25) is 24.0 Å². The van der Waals surface area contributed by atoms with E-state index in [0.717, 1.165) is 99.6 Å². The van der Waals surface area contributed by atoms with Crippen molar-refractivity contribution in [1.82, 2.24) is 35.0 Å². The number of aromatic hydroxyl groups is 1. The van der Waals surface area contributed by atoms with Crippen molar-refractivity contribution in [2.75, 3.05) is 125 Å². The third-order valence-corrected chi connectivity index (χ3v) is 24.5. The second kappa shape index (κ2) is 43.5. The Morgan fingerprint density at radius 3 is 1.13 bits per heavy atom. The molecule has 27 nitrogen and oxygen atoms in total. The van der Waals surface area contributed by atoms with E-state index in [1.165, 1.54) is 48.5 Å². The van der Waals surface area contributed by atoms with Gasteiger partial charge in [-0.1, -0.05) is 97.3 Å². The topological polar surface area (TPSA) is 357 Å². The Hall–Kier alpha value is -15.7. The fraction of sp³-hybridized carbons (Fsp3) is 0.265. The highest BCUT2D eigenvalue weighted by Crippen LogP contribution is 2.50. The summed E-state index contributed by atoms with van der Waals surface area (Å²) in [5.41, 5.74) is 15.0. The van der Waals surface area contributed by atoms with E-state index in [-0.39, 0.29) is 102 Å². The van der Waals surface area contributed by atoms with E-state index in [1.807, 2.05) is 242 Å². The summed E-state index contributed by atoms with van der Waals surface area (Å²) in [6.07, 6.45) is 0. The minimum absolute atomic E-state index is 0.00793. The fourth-order valence-corrected chi connectivity index (χ4v) is 16.7. The van der Waals surface area contributed by atoms with E-state index < -0.39 is 30.3 Å². The minimum Gasteiger partial charge on any atom is -0.506 e. The van der Waals surface area contributed by atoms with Gasteiger partial charge in [0.15, 0.2) is 11.0 Å². The molecule has 0 saturated carbocycles. The van der Waals surface area contributed by atoms with Crippen molar-refractivity contribution in [2.45, 2.75) is 68.9 Å². The lowest BCUT2D eigenvalue weighted by atomic mass is 9.88. The van der Waals surface area contributed by atoms with Gasteiger partial charge in [0.2, 0.25) is 16.1 Å². The van der Waals surface area contributed by atoms with Crippen LogP contribution in [-0.4, -0.2) is 178 Å². The number of carboxylic acid groups (broad SMARTS) is 3. The number of nitrogens with zero attached hydrogens (tertiary/aromatic N) is 6. The molecule has 0 atom stereocenters. The van der Waals surface area contributed by atoms with Crippen LogP contribution in [0.2, 0.25) is 5.02 Å². The number of nitrogens with one attached hydrogen (secondary N) is 4. The van der Waals surface area contributed by atoms with Crippen molar-refractivity contribution in [3.63, 3.8) is 0 Å². The molecular weight excluding hydrogens is 1800 g/mol. The smallest absolute Gasteiger partial charge is 0.336 e. The number of fused-ring (bicyclic) bond motifs is 8. The second-order valence-corrected chi connectivity index (χ2v) is 38.2. The zero-order valence-corrected chi connectivity index (χ0v) is 83.9. The molecule has 0 spiro atoms. The third kappa shape index (κ3) is 22.5. The summed E-state index contributed by atoms with van der Waals surface area (Å²) in [4.78, 5) is 107. The summed E-state index contributed by atoms with van der Waals surface area (Å²) in [7, 11) is 23.8. The Kier molecular flexibility index (Phi) is 31.7. The van der Waals surface area contributed by atoms with Gasteiger partial charge in [0, 0.05) is 221 Å². The van der Waals surface area contributed by atoms with Crippen LogP contribution in [0.4, 0.5) is 17.1 Å². The molecule has 28 heteroatoms. The largest absolute Gasteiger partial charge is 0.506 e. The van der Waals surface area contributed by atoms with Crippen LogP contribution in [0.5, 0.6) is 5.75 Å². The van der Waals surface area contributed by atoms with E-state index in [0.29, 0.717) is 99.1 Å². The molecule has 0 saturated heterocycles. The standard InChI is InChI=1S/2C29H31N3O4.C28H31N3O2.C27H24ClNO7/c1-17(2)16-30-28(33)24-13-18(29(34)35)7-10-21(24)27-22-11-8-19(31(3)4)14-25(22)36-26-15-20(32(5)6)9-12-23(26)27;1-17(2)16-30-28(33)18-7-10-21(24(13-18)29(34)35)27-22-11-8-19(31(3)4)14-25(22)36-26-15-20(32(5)6)9-12-23(26)27;1-18(2)17-29-28(32)22-10-8-7-9-21(22)27-23-13-11-19(30(3)4)15-25(23)33-26-16-20(31(5)6)12-14-24(26)27;1-12(2)10-29-26(33)14-4-5-16(27(34)35)18(8-14)21-17-6-7-20(31)13(3)24(17)36-25-19(21)9-15(11-30)23(32)22(25)28/h2*7-15,17H,16H2,1-6H3,(H-,30,33,34,35);7-16,18H,17H2,1-6H3;4-9,12,30,32H,10-11H2,1-3H3,(H,29,33)(H,34,35)/p+3. The molecule has 0 bridgehead atoms. The van der Waals surface area contributed by atoms with Crippen molar-refractivity contribution in [3.8, 4) is 95.6 Å². The minimum atomic E-state index is -1.23. The van der Waals surface area contributed by atoms with Gasteiger partial charge in [-0.25, -0.2) is 28.1 Å². The molecule has 4 amide bonds. The number of aromatic carboxylic acids is 3. The van der Waals surface area contributed by atoms with Crippen LogP contribution in [-0.2, 0) is 6.61 Å². The number of aliphatic hydroxyl groups excluding tert-OH is 1. The second-order valence-electron chi connectivity index (χ2n) is 37.8. The zero-order chi connectivity index (χ0) is 102. The van der Waals surface area contributed by atoms with Crippen LogP contribution in [0.15, 0.2) is 229 Å². The van der Waals surface area contributed by atoms with Crippen LogP contribution in [0.1, 0.15) is 139 Å². The van der Waals surface area contributed by atoms with Gasteiger partial charge in [-0.05, 0) is 174 Å². The Balaban J connectivity index is 0.000000158. The average Bonchev–Trinajstić information content (AvgIpc) is 0.743. The van der Waals surface area contributed by atoms with Crippen molar-refractivity contribution in [3.05, 3.63) is 288 Å². The average molecular weight is 1930 g/mol. The van der Waals surface area contributed by atoms with Gasteiger partial charge in [0.25, 0.3) is 23.6 Å². The molecule has 0 fully saturated rings. The number of carboxylic acids is 3. The number of anilines is 3. The maximum Gasteiger partial charge on any atom is 0.336 e. The number of phenols is 1. The number of aliphatic hydroxyl groups is 1. The van der Waals surface area contributed by atoms with Crippen LogP contribution < -0.4 is 71.2 Å². The summed E-state index contributed by atoms with van der Waals surface area (Å²) in [5, 5.41) is 67.5. The molecule has 4 heterocycles. The zero-order valence-electron chi connectivity index (χ0n) is 83.2. The third-order valence-electron chi connectivity index (χ3n) is 24.2. The van der Waals surface area contributed by atoms with E-state index in [2.05, 4.69) is 81.0 Å². The van der Waals surface area contributed by atoms with E-state index in [4.69, 9.17) is 29.3 Å². The van der Waals surface area contributed by atoms with Gasteiger partial charge in [0.05, 0.1) is 41.5 Å². The van der Waals surface area contributed by atoms with Gasteiger partial charge in [0.1, 0.15) is 92.8 Å². The molecule has 8 aromatic rings. The number of halogens is 1. The number of carbonyl (C=O) groups excluding carboxylic acids is 4. The van der Waals surface area contributed by atoms with Crippen LogP contribution >= 0.6 is 11.6 Å². The summed E-state index contributed by atoms with van der Waals surface area (Å²) in [5.74, 6) is -1.41. The maximum absolute atomic E-state index is 13.3. The molecule has 0 radical (unpaired) electrons. The first-order valence-corrected chi connectivity index (χ1v) is 46.7. The molecule has 728 valence electrons. The lowest BCUT2D eigenvalue weighted by Crippen LogP contribution is -2.28. The first-order chi connectivity index (χ1) is 66.9. The van der Waals surface area contributed by atoms with Crippen LogP contribution in [0.25, 0.3) is 134 Å². The highest BCUT2D eigenvalue weighted by molar-refractivity contribution is 6.37. The number of rotatable bonds is 23. The van der Waals surface area contributed by atoms with Crippen LogP contribution in [0, 0.1) is 30.6 Å². The van der Waals surface area contributed by atoms with Crippen LogP contribution in [0.3, 0.4) is 0 Å². The van der Waals surface area contributed by atoms with E-state index in [1.54, 1.807) is 31.2 Å². The molecule has 4 aliphatic carbocycles. The molecule has 8 aliphatic rings. The first-order valence-electron chi connectivity index (χ1n) is 46.4. The SMILES string of the molecule is CC(C)CNC(=O)c1cc(C(=O)O)ccc1-c1c2ccc(=[N+](C)C)cc-2oc2cc(N(C)C)ccc12.CC(C)CNC(=O)c1ccc(-c2c3ccc(=[N+](C)C)cc-3oc3cc(N(C)C)ccc23)c(C(=O)O)c1.CC(C)CNC(=O)c1ccccc1-c1c2ccc(=[N+](C)C)cc-2oc2cc(N(C)C)ccc12.Cc1c2oc3c(Cl)c(O)c(CO)cc3c(-c3cc(C(=O)NCC(C)C)ccc3C(=O)O)c-2ccc1=O. The van der Waals surface area contributed by atoms with Gasteiger partial charge >= 0.3 is 17.9 Å². The van der Waals surface area contributed by atoms with Gasteiger partial charge in [-0.2, -0.15) is 0 Å². The number of benzene rings is 12. The Bertz CT molecular complexity index is 7750. The lowest BCUT2D eigenvalue weighted by molar-refractivity contribution is 0.0686. The number of amides is 4. The highest BCUT2D eigenvalue weighted by atomic mass is 35.5. The first kappa shape index (κ1) is 103. The normalized spacial score (nSPS) is 11.3. The summed E-state index contributed by atoms with van der Waals surface area (Å²) >= 11 is 6.40. The molecular formula is C113H120ClN10O17+3. The molecule has 0 aromatic heterocycles. The van der Waals surface area contributed by atoms with Gasteiger partial charge in [-0.15, -0.1) is 0 Å². The maximum atomic E-state index is 13.3. The molecule has 16 rings (SSSR count). The van der Waals surface area contributed by atoms with Crippen molar-refractivity contribution < 1.29 is 76.8 Å². The van der Waals surface area contributed by atoms with E-state index >= 15 is 0 Å². The highest BCUT2D eigenvalue weighted by Gasteiger charge is 2.32. The van der Waals surface area contributed by atoms with Gasteiger partial charge < -0.3 is 79.2 Å². The molecule has 8 aromatic carbocycles. The fourth-order valence-electron chi connectivity index (χ4n) is 16.5. The Labute approximate surface area is 822 Å². The summed E-state index contributed by atoms with van der Waals surface area (Å²) < 4.78 is 31.2. The summed E-state index contributed by atoms with van der Waals surface area (Å²) in [6, 6.07) is 62.1. The monoisotopic (exact) mass is 1920 g/mol. The van der Waals surface area contributed by atoms with E-state index in [9.17, 15) is 63.9 Å².